The molecule has 0 saturated carbocycles. The Labute approximate surface area is 159 Å². The van der Waals surface area contributed by atoms with E-state index in [-0.39, 0.29) is 0 Å². The van der Waals surface area contributed by atoms with Crippen LogP contribution in [0.25, 0.3) is 43.8 Å². The molecule has 0 aromatic heterocycles. The zero-order chi connectivity index (χ0) is 18.2. The number of aryl methyl sites for hydroxylation is 1. The Morgan fingerprint density at radius 3 is 1.67 bits per heavy atom. The van der Waals surface area contributed by atoms with E-state index in [0.29, 0.717) is 0 Å². The summed E-state index contributed by atoms with van der Waals surface area (Å²) >= 11 is 0. The van der Waals surface area contributed by atoms with Crippen LogP contribution in [0.1, 0.15) is 5.56 Å². The summed E-state index contributed by atoms with van der Waals surface area (Å²) in [7, 11) is 0. The van der Waals surface area contributed by atoms with Gasteiger partial charge in [0, 0.05) is 0 Å². The molecule has 0 nitrogen and oxygen atoms in total. The van der Waals surface area contributed by atoms with E-state index in [0.717, 1.165) is 0 Å². The molecule has 0 aliphatic carbocycles. The molecule has 0 aliphatic rings. The molecule has 5 aromatic carbocycles. The van der Waals surface area contributed by atoms with E-state index in [1.165, 1.54) is 49.4 Å². The monoisotopic (exact) mass is 344 g/mol. The fourth-order valence-corrected chi connectivity index (χ4v) is 4.12. The van der Waals surface area contributed by atoms with E-state index in [4.69, 9.17) is 0 Å². The second kappa shape index (κ2) is 6.41. The van der Waals surface area contributed by atoms with Crippen molar-refractivity contribution in [3.8, 4) is 22.3 Å². The molecule has 0 fully saturated rings. The molecule has 0 saturated heterocycles. The van der Waals surface area contributed by atoms with Gasteiger partial charge in [0.15, 0.2) is 0 Å². The molecular weight excluding hydrogens is 324 g/mol. The first-order valence-electron chi connectivity index (χ1n) is 9.39. The van der Waals surface area contributed by atoms with Gasteiger partial charge in [-0.25, -0.2) is 0 Å². The number of fused-ring (bicyclic) bond motifs is 2. The minimum absolute atomic E-state index is 1.26. The zero-order valence-electron chi connectivity index (χ0n) is 15.3. The second-order valence-electron chi connectivity index (χ2n) is 7.04. The molecule has 0 atom stereocenters. The van der Waals surface area contributed by atoms with Crippen LogP contribution in [0.5, 0.6) is 0 Å². The largest absolute Gasteiger partial charge is 0.0622 e. The highest BCUT2D eigenvalue weighted by Gasteiger charge is 2.13. The van der Waals surface area contributed by atoms with Gasteiger partial charge in [0.05, 0.1) is 0 Å². The lowest BCUT2D eigenvalue weighted by atomic mass is 9.87. The third-order valence-corrected chi connectivity index (χ3v) is 5.46. The maximum atomic E-state index is 2.35. The van der Waals surface area contributed by atoms with Crippen LogP contribution in [-0.2, 0) is 0 Å². The highest BCUT2D eigenvalue weighted by Crippen LogP contribution is 2.40. The van der Waals surface area contributed by atoms with Crippen LogP contribution in [-0.4, -0.2) is 0 Å². The van der Waals surface area contributed by atoms with Crippen LogP contribution in [0.4, 0.5) is 0 Å². The van der Waals surface area contributed by atoms with Gasteiger partial charge in [-0.05, 0) is 62.4 Å². The molecule has 0 bridgehead atoms. The van der Waals surface area contributed by atoms with Gasteiger partial charge >= 0.3 is 0 Å². The van der Waals surface area contributed by atoms with Crippen molar-refractivity contribution in [2.24, 2.45) is 0 Å². The van der Waals surface area contributed by atoms with Gasteiger partial charge in [-0.2, -0.15) is 0 Å². The van der Waals surface area contributed by atoms with E-state index in [9.17, 15) is 0 Å². The van der Waals surface area contributed by atoms with Crippen molar-refractivity contribution in [3.05, 3.63) is 109 Å². The molecule has 0 N–H and O–H groups in total. The molecule has 0 heterocycles. The van der Waals surface area contributed by atoms with E-state index in [1.807, 2.05) is 0 Å². The van der Waals surface area contributed by atoms with E-state index in [1.54, 1.807) is 0 Å². The highest BCUT2D eigenvalue weighted by molar-refractivity contribution is 6.15. The first kappa shape index (κ1) is 15.8. The zero-order valence-corrected chi connectivity index (χ0v) is 15.3. The number of rotatable bonds is 2. The van der Waals surface area contributed by atoms with Gasteiger partial charge < -0.3 is 0 Å². The molecular formula is C27H20. The van der Waals surface area contributed by atoms with Crippen molar-refractivity contribution >= 4 is 21.5 Å². The van der Waals surface area contributed by atoms with Crippen molar-refractivity contribution in [1.82, 2.24) is 0 Å². The van der Waals surface area contributed by atoms with Crippen LogP contribution in [0, 0.1) is 6.92 Å². The minimum atomic E-state index is 1.26. The molecule has 0 aliphatic heterocycles. The maximum absolute atomic E-state index is 2.35. The van der Waals surface area contributed by atoms with Gasteiger partial charge in [0.25, 0.3) is 0 Å². The lowest BCUT2D eigenvalue weighted by Crippen LogP contribution is -1.90. The Kier molecular flexibility index (Phi) is 3.76. The van der Waals surface area contributed by atoms with E-state index < -0.39 is 0 Å². The first-order valence-corrected chi connectivity index (χ1v) is 9.39. The Morgan fingerprint density at radius 1 is 0.407 bits per heavy atom. The SMILES string of the molecule is Cc1c2ccccc2c(-c2ccccc2)c2ccc(-c3ccccc3)cc12. The van der Waals surface area contributed by atoms with Crippen LogP contribution in [0.15, 0.2) is 103 Å². The Bertz CT molecular complexity index is 1250. The number of benzene rings is 5. The van der Waals surface area contributed by atoms with Crippen LogP contribution in [0.2, 0.25) is 0 Å². The highest BCUT2D eigenvalue weighted by atomic mass is 14.2. The molecule has 5 rings (SSSR count). The van der Waals surface area contributed by atoms with Gasteiger partial charge in [-0.3, -0.25) is 0 Å². The average Bonchev–Trinajstić information content (AvgIpc) is 2.75. The summed E-state index contributed by atoms with van der Waals surface area (Å²) in [4.78, 5) is 0. The third-order valence-electron chi connectivity index (χ3n) is 5.46. The molecule has 128 valence electrons. The Morgan fingerprint density at radius 2 is 0.963 bits per heavy atom. The number of hydrogen-bond donors (Lipinski definition) is 0. The quantitative estimate of drug-likeness (QED) is 0.289. The summed E-state index contributed by atoms with van der Waals surface area (Å²) in [5.41, 5.74) is 6.46. The minimum Gasteiger partial charge on any atom is -0.0622 e. The maximum Gasteiger partial charge on any atom is -0.00266 e. The Hall–Kier alpha value is -3.38. The van der Waals surface area contributed by atoms with Crippen LogP contribution in [0.3, 0.4) is 0 Å². The van der Waals surface area contributed by atoms with Gasteiger partial charge in [-0.15, -0.1) is 0 Å². The van der Waals surface area contributed by atoms with Crippen LogP contribution < -0.4 is 0 Å². The fourth-order valence-electron chi connectivity index (χ4n) is 4.12. The molecule has 0 heteroatoms. The molecule has 0 amide bonds. The summed E-state index contributed by atoms with van der Waals surface area (Å²) in [5, 5.41) is 5.29. The third kappa shape index (κ3) is 2.62. The summed E-state index contributed by atoms with van der Waals surface area (Å²) < 4.78 is 0. The van der Waals surface area contributed by atoms with Gasteiger partial charge in [-0.1, -0.05) is 97.1 Å². The van der Waals surface area contributed by atoms with Crippen molar-refractivity contribution < 1.29 is 0 Å². The van der Waals surface area contributed by atoms with Crippen molar-refractivity contribution in [3.63, 3.8) is 0 Å². The lowest BCUT2D eigenvalue weighted by Gasteiger charge is -2.16. The van der Waals surface area contributed by atoms with Gasteiger partial charge in [0.1, 0.15) is 0 Å². The normalized spacial score (nSPS) is 11.1. The standard InChI is InChI=1S/C27H20/c1-19-23-14-8-9-15-24(23)27(21-12-6-3-7-13-21)25-17-16-22(18-26(19)25)20-10-4-2-5-11-20/h2-18H,1H3. The molecule has 0 spiro atoms. The van der Waals surface area contributed by atoms with E-state index >= 15 is 0 Å². The van der Waals surface area contributed by atoms with Gasteiger partial charge in [0.2, 0.25) is 0 Å². The van der Waals surface area contributed by atoms with E-state index in [2.05, 4.69) is 110 Å². The average molecular weight is 344 g/mol. The Balaban J connectivity index is 1.90. The summed E-state index contributed by atoms with van der Waals surface area (Å²) in [6, 6.07) is 37.0. The molecule has 27 heavy (non-hydrogen) atoms. The first-order chi connectivity index (χ1) is 13.3. The predicted octanol–water partition coefficient (Wildman–Crippen LogP) is 7.64. The van der Waals surface area contributed by atoms with Crippen LogP contribution >= 0.6 is 0 Å². The van der Waals surface area contributed by atoms with Crippen molar-refractivity contribution in [2.75, 3.05) is 0 Å². The molecule has 5 aromatic rings. The molecule has 0 radical (unpaired) electrons. The smallest absolute Gasteiger partial charge is 0.00266 e. The fraction of sp³-hybridized carbons (Fsp3) is 0.0370. The summed E-state index contributed by atoms with van der Waals surface area (Å²) in [6.07, 6.45) is 0. The van der Waals surface area contributed by atoms with Crippen molar-refractivity contribution in [1.29, 1.82) is 0 Å². The summed E-state index contributed by atoms with van der Waals surface area (Å²) in [5.74, 6) is 0. The molecule has 0 unspecified atom stereocenters. The second-order valence-corrected chi connectivity index (χ2v) is 7.04. The lowest BCUT2D eigenvalue weighted by molar-refractivity contribution is 1.56. The topological polar surface area (TPSA) is 0 Å². The predicted molar refractivity (Wildman–Crippen MR) is 117 cm³/mol. The van der Waals surface area contributed by atoms with Crippen molar-refractivity contribution in [2.45, 2.75) is 6.92 Å². The number of hydrogen-bond acceptors (Lipinski definition) is 0. The summed E-state index contributed by atoms with van der Waals surface area (Å²) in [6.45, 7) is 2.24.